The van der Waals surface area contributed by atoms with Crippen LogP contribution in [-0.4, -0.2) is 34.4 Å². The van der Waals surface area contributed by atoms with Crippen LogP contribution >= 0.6 is 0 Å². The smallest absolute Gasteiger partial charge is 0.475 e. The maximum Gasteiger partial charge on any atom is 0.586 e. The number of aliphatic carboxylic acids is 1. The summed E-state index contributed by atoms with van der Waals surface area (Å²) in [5, 5.41) is 12.0. The minimum atomic E-state index is -5.08. The number of halogens is 5. The summed E-state index contributed by atoms with van der Waals surface area (Å²) in [5.41, 5.74) is 2.66. The maximum atomic E-state index is 13.4. The fraction of sp³-hybridized carbons (Fsp3) is 0.148. The number of anilines is 1. The highest BCUT2D eigenvalue weighted by Crippen LogP contribution is 2.45. The first-order valence-electron chi connectivity index (χ1n) is 11.3. The fourth-order valence-electron chi connectivity index (χ4n) is 3.79. The van der Waals surface area contributed by atoms with Gasteiger partial charge in [0.1, 0.15) is 0 Å². The SMILES string of the molecule is O=C(Nc1cccc2c1OC(F)(F)O2)c1cccc(CCc2cncc3ccccc23)c1.O=C(O)C(F)(F)F. The number of amides is 1. The molecule has 1 aromatic heterocycles. The van der Waals surface area contributed by atoms with Gasteiger partial charge in [0.15, 0.2) is 11.5 Å². The minimum Gasteiger partial charge on any atom is -0.475 e. The Kier molecular flexibility index (Phi) is 7.65. The van der Waals surface area contributed by atoms with Crippen LogP contribution in [0.4, 0.5) is 27.6 Å². The lowest BCUT2D eigenvalue weighted by molar-refractivity contribution is -0.286. The van der Waals surface area contributed by atoms with Crippen molar-refractivity contribution in [3.63, 3.8) is 0 Å². The number of pyridine rings is 1. The molecule has 0 unspecified atom stereocenters. The summed E-state index contributed by atoms with van der Waals surface area (Å²) in [5.74, 6) is -3.49. The van der Waals surface area contributed by atoms with Gasteiger partial charge in [-0.2, -0.15) is 13.2 Å². The number of nitrogens with zero attached hydrogens (tertiary/aromatic N) is 1. The Labute approximate surface area is 217 Å². The molecule has 12 heteroatoms. The first-order valence-corrected chi connectivity index (χ1v) is 11.3. The molecule has 0 saturated carbocycles. The standard InChI is InChI=1S/C25H18F2N2O3.C2HF3O2/c26-25(27)31-22-10-4-9-21(23(22)32-25)29-24(30)17-7-3-5-16(13-17)11-12-19-15-28-14-18-6-1-2-8-20(18)19;3-2(4,5)1(6)7/h1-10,13-15H,11-12H2,(H,29,30);(H,6,7). The molecule has 5 rings (SSSR count). The summed E-state index contributed by atoms with van der Waals surface area (Å²) >= 11 is 0. The minimum absolute atomic E-state index is 0.120. The van der Waals surface area contributed by atoms with Crippen molar-refractivity contribution in [1.82, 2.24) is 4.98 Å². The van der Waals surface area contributed by atoms with Gasteiger partial charge in [0.05, 0.1) is 5.69 Å². The van der Waals surface area contributed by atoms with E-state index in [0.29, 0.717) is 5.56 Å². The zero-order valence-corrected chi connectivity index (χ0v) is 19.8. The molecular weight excluding hydrogens is 527 g/mol. The number of carboxylic acid groups (broad SMARTS) is 1. The number of ether oxygens (including phenoxy) is 2. The molecule has 0 spiro atoms. The van der Waals surface area contributed by atoms with Crippen LogP contribution in [0, 0.1) is 0 Å². The van der Waals surface area contributed by atoms with Crippen LogP contribution in [0.25, 0.3) is 10.8 Å². The summed E-state index contributed by atoms with van der Waals surface area (Å²) in [6.45, 7) is 0. The van der Waals surface area contributed by atoms with E-state index in [-0.39, 0.29) is 17.2 Å². The number of hydrogen-bond acceptors (Lipinski definition) is 5. The van der Waals surface area contributed by atoms with Crippen LogP contribution in [0.15, 0.2) is 79.1 Å². The molecule has 0 bridgehead atoms. The number of aromatic nitrogens is 1. The van der Waals surface area contributed by atoms with Gasteiger partial charge in [-0.15, -0.1) is 8.78 Å². The molecule has 1 aliphatic rings. The lowest BCUT2D eigenvalue weighted by atomic mass is 10.00. The van der Waals surface area contributed by atoms with E-state index in [1.807, 2.05) is 36.7 Å². The molecule has 1 aliphatic heterocycles. The summed E-state index contributed by atoms with van der Waals surface area (Å²) < 4.78 is 67.5. The second-order valence-corrected chi connectivity index (χ2v) is 8.28. The van der Waals surface area contributed by atoms with E-state index in [2.05, 4.69) is 25.8 Å². The predicted molar refractivity (Wildman–Crippen MR) is 130 cm³/mol. The maximum absolute atomic E-state index is 13.4. The van der Waals surface area contributed by atoms with Crippen molar-refractivity contribution in [2.75, 3.05) is 5.32 Å². The Morgan fingerprint density at radius 2 is 1.64 bits per heavy atom. The number of carbonyl (C=O) groups excluding carboxylic acids is 1. The van der Waals surface area contributed by atoms with Crippen LogP contribution in [0.5, 0.6) is 11.5 Å². The molecule has 0 radical (unpaired) electrons. The zero-order valence-electron chi connectivity index (χ0n) is 19.8. The number of nitrogens with one attached hydrogen (secondary N) is 1. The van der Waals surface area contributed by atoms with Crippen molar-refractivity contribution in [1.29, 1.82) is 0 Å². The Hall–Kier alpha value is -4.74. The van der Waals surface area contributed by atoms with Crippen LogP contribution in [0.2, 0.25) is 0 Å². The number of rotatable bonds is 5. The highest BCUT2D eigenvalue weighted by atomic mass is 19.4. The topological polar surface area (TPSA) is 97.8 Å². The number of alkyl halides is 5. The summed E-state index contributed by atoms with van der Waals surface area (Å²) in [4.78, 5) is 26.0. The van der Waals surface area contributed by atoms with Crippen molar-refractivity contribution in [2.45, 2.75) is 25.3 Å². The average molecular weight is 546 g/mol. The van der Waals surface area contributed by atoms with Gasteiger partial charge in [0.2, 0.25) is 0 Å². The highest BCUT2D eigenvalue weighted by molar-refractivity contribution is 6.05. The van der Waals surface area contributed by atoms with Gasteiger partial charge < -0.3 is 19.9 Å². The molecule has 0 saturated heterocycles. The number of hydrogen-bond donors (Lipinski definition) is 2. The fourth-order valence-corrected chi connectivity index (χ4v) is 3.79. The quantitative estimate of drug-likeness (QED) is 0.288. The van der Waals surface area contributed by atoms with E-state index in [9.17, 15) is 26.7 Å². The van der Waals surface area contributed by atoms with Crippen molar-refractivity contribution < 1.29 is 46.1 Å². The van der Waals surface area contributed by atoms with E-state index < -0.39 is 24.3 Å². The predicted octanol–water partition coefficient (Wildman–Crippen LogP) is 6.23. The number of benzene rings is 3. The number of aryl methyl sites for hydroxylation is 2. The second-order valence-electron chi connectivity index (χ2n) is 8.28. The number of para-hydroxylation sites is 1. The van der Waals surface area contributed by atoms with E-state index in [1.165, 1.54) is 18.2 Å². The van der Waals surface area contributed by atoms with Crippen LogP contribution in [0.3, 0.4) is 0 Å². The van der Waals surface area contributed by atoms with Gasteiger partial charge in [0, 0.05) is 23.3 Å². The molecule has 2 N–H and O–H groups in total. The van der Waals surface area contributed by atoms with Gasteiger partial charge in [-0.05, 0) is 53.6 Å². The molecule has 3 aromatic carbocycles. The van der Waals surface area contributed by atoms with Crippen LogP contribution in [-0.2, 0) is 17.6 Å². The summed E-state index contributed by atoms with van der Waals surface area (Å²) in [6.07, 6.45) is -3.63. The number of fused-ring (bicyclic) bond motifs is 2. The van der Waals surface area contributed by atoms with Crippen molar-refractivity contribution >= 4 is 28.3 Å². The van der Waals surface area contributed by atoms with Crippen molar-refractivity contribution in [3.05, 3.63) is 95.8 Å². The Morgan fingerprint density at radius 3 is 2.38 bits per heavy atom. The number of carbonyl (C=O) groups is 2. The van der Waals surface area contributed by atoms with Crippen molar-refractivity contribution in [3.8, 4) is 11.5 Å². The van der Waals surface area contributed by atoms with Gasteiger partial charge in [0.25, 0.3) is 5.91 Å². The molecule has 0 fully saturated rings. The van der Waals surface area contributed by atoms with Gasteiger partial charge in [-0.25, -0.2) is 4.79 Å². The zero-order chi connectivity index (χ0) is 28.2. The molecule has 0 aliphatic carbocycles. The van der Waals surface area contributed by atoms with Gasteiger partial charge in [-0.1, -0.05) is 42.5 Å². The molecular formula is C27H19F5N2O5. The molecule has 4 aromatic rings. The van der Waals surface area contributed by atoms with E-state index in [1.54, 1.807) is 18.2 Å². The van der Waals surface area contributed by atoms with E-state index >= 15 is 0 Å². The molecule has 2 heterocycles. The third kappa shape index (κ3) is 6.78. The summed E-state index contributed by atoms with van der Waals surface area (Å²) in [7, 11) is 0. The normalized spacial score (nSPS) is 13.4. The Bertz CT molecular complexity index is 1520. The van der Waals surface area contributed by atoms with E-state index in [4.69, 9.17) is 9.90 Å². The van der Waals surface area contributed by atoms with Crippen LogP contribution in [0.1, 0.15) is 21.5 Å². The van der Waals surface area contributed by atoms with Crippen LogP contribution < -0.4 is 14.8 Å². The monoisotopic (exact) mass is 546 g/mol. The molecule has 39 heavy (non-hydrogen) atoms. The molecule has 0 atom stereocenters. The van der Waals surface area contributed by atoms with E-state index in [0.717, 1.165) is 34.7 Å². The first kappa shape index (κ1) is 27.3. The third-order valence-corrected chi connectivity index (χ3v) is 5.54. The van der Waals surface area contributed by atoms with Gasteiger partial charge in [-0.3, -0.25) is 9.78 Å². The number of carboxylic acids is 1. The third-order valence-electron chi connectivity index (χ3n) is 5.54. The largest absolute Gasteiger partial charge is 0.586 e. The second kappa shape index (κ2) is 10.9. The lowest BCUT2D eigenvalue weighted by Gasteiger charge is -2.10. The highest BCUT2D eigenvalue weighted by Gasteiger charge is 2.44. The molecule has 1 amide bonds. The van der Waals surface area contributed by atoms with Gasteiger partial charge >= 0.3 is 18.4 Å². The molecule has 202 valence electrons. The summed E-state index contributed by atoms with van der Waals surface area (Å²) in [6, 6.07) is 19.7. The lowest BCUT2D eigenvalue weighted by Crippen LogP contribution is -2.26. The van der Waals surface area contributed by atoms with Crippen molar-refractivity contribution in [2.24, 2.45) is 0 Å². The molecule has 7 nitrogen and oxygen atoms in total. The average Bonchev–Trinajstić information content (AvgIpc) is 3.22. The first-order chi connectivity index (χ1) is 18.4. The Morgan fingerprint density at radius 1 is 0.923 bits per heavy atom. The Balaban J connectivity index is 0.000000448.